The third-order valence-corrected chi connectivity index (χ3v) is 7.20. The van der Waals surface area contributed by atoms with Gasteiger partial charge in [0.25, 0.3) is 0 Å². The minimum absolute atomic E-state index is 0.560. The number of rotatable bonds is 8. The van der Waals surface area contributed by atoms with E-state index in [1.807, 2.05) is 49.6 Å². The third-order valence-electron chi connectivity index (χ3n) is 7.20. The van der Waals surface area contributed by atoms with Crippen molar-refractivity contribution in [2.45, 2.75) is 6.92 Å². The molecule has 8 heteroatoms. The van der Waals surface area contributed by atoms with Gasteiger partial charge in [0.2, 0.25) is 11.4 Å². The highest BCUT2D eigenvalue weighted by Gasteiger charge is 2.26. The van der Waals surface area contributed by atoms with E-state index in [4.69, 9.17) is 28.7 Å². The van der Waals surface area contributed by atoms with Gasteiger partial charge in [-0.25, -0.2) is 0 Å². The molecule has 0 aliphatic rings. The number of aromatic nitrogens is 3. The lowest BCUT2D eigenvalue weighted by atomic mass is 9.97. The quantitative estimate of drug-likeness (QED) is 0.231. The second kappa shape index (κ2) is 11.1. The predicted molar refractivity (Wildman–Crippen MR) is 155 cm³/mol. The summed E-state index contributed by atoms with van der Waals surface area (Å²) in [7, 11) is 10.2. The largest absolute Gasteiger partial charge is 0.493 e. The molecule has 0 unspecified atom stereocenters. The summed E-state index contributed by atoms with van der Waals surface area (Å²) in [5, 5.41) is 1.91. The van der Waals surface area contributed by atoms with Crippen LogP contribution in [0.15, 0.2) is 67.1 Å². The molecule has 204 valence electrons. The van der Waals surface area contributed by atoms with Gasteiger partial charge in [0.05, 0.1) is 52.2 Å². The van der Waals surface area contributed by atoms with Gasteiger partial charge in [0.15, 0.2) is 28.7 Å². The Kier molecular flexibility index (Phi) is 7.42. The summed E-state index contributed by atoms with van der Waals surface area (Å²) in [6.07, 6.45) is 5.37. The summed E-state index contributed by atoms with van der Waals surface area (Å²) in [5.41, 5.74) is 6.57. The van der Waals surface area contributed by atoms with Crippen LogP contribution < -0.4 is 28.3 Å². The molecule has 5 aromatic rings. The van der Waals surface area contributed by atoms with Crippen molar-refractivity contribution < 1.29 is 28.3 Å². The van der Waals surface area contributed by atoms with Crippen LogP contribution in [-0.4, -0.2) is 45.5 Å². The van der Waals surface area contributed by atoms with Gasteiger partial charge >= 0.3 is 0 Å². The molecule has 0 aliphatic heterocycles. The Hall–Kier alpha value is -4.85. The average Bonchev–Trinajstić information content (AvgIpc) is 3.01. The number of hydrogen-bond donors (Lipinski definition) is 0. The number of hydrogen-bond acceptors (Lipinski definition) is 7. The van der Waals surface area contributed by atoms with Crippen molar-refractivity contribution in [1.82, 2.24) is 9.97 Å². The van der Waals surface area contributed by atoms with Gasteiger partial charge in [-0.2, -0.15) is 4.57 Å². The van der Waals surface area contributed by atoms with Gasteiger partial charge in [0, 0.05) is 53.7 Å². The first kappa shape index (κ1) is 26.7. The summed E-state index contributed by atoms with van der Waals surface area (Å²) >= 11 is 0. The lowest BCUT2D eigenvalue weighted by Gasteiger charge is -2.17. The van der Waals surface area contributed by atoms with Gasteiger partial charge < -0.3 is 23.7 Å². The van der Waals surface area contributed by atoms with Crippen LogP contribution in [0.5, 0.6) is 28.7 Å². The molecule has 40 heavy (non-hydrogen) atoms. The zero-order chi connectivity index (χ0) is 28.4. The van der Waals surface area contributed by atoms with E-state index in [0.717, 1.165) is 50.1 Å². The van der Waals surface area contributed by atoms with E-state index >= 15 is 0 Å². The van der Waals surface area contributed by atoms with Crippen LogP contribution in [0.3, 0.4) is 0 Å². The highest BCUT2D eigenvalue weighted by Crippen LogP contribution is 2.46. The Morgan fingerprint density at radius 3 is 1.93 bits per heavy atom. The molecule has 0 atom stereocenters. The fourth-order valence-electron chi connectivity index (χ4n) is 5.10. The third kappa shape index (κ3) is 4.51. The number of fused-ring (bicyclic) bond motifs is 1. The summed E-state index contributed by atoms with van der Waals surface area (Å²) in [6, 6.07) is 16.1. The fraction of sp³-hybridized carbons (Fsp3) is 0.219. The predicted octanol–water partition coefficient (Wildman–Crippen LogP) is 5.81. The van der Waals surface area contributed by atoms with Crippen molar-refractivity contribution in [1.29, 1.82) is 0 Å². The molecule has 0 bridgehead atoms. The minimum Gasteiger partial charge on any atom is -0.493 e. The maximum absolute atomic E-state index is 5.82. The lowest BCUT2D eigenvalue weighted by Crippen LogP contribution is -2.35. The second-order valence-electron chi connectivity index (χ2n) is 9.21. The fourth-order valence-corrected chi connectivity index (χ4v) is 5.10. The van der Waals surface area contributed by atoms with E-state index in [2.05, 4.69) is 28.6 Å². The smallest absolute Gasteiger partial charge is 0.213 e. The van der Waals surface area contributed by atoms with Crippen LogP contribution >= 0.6 is 0 Å². The molecule has 8 nitrogen and oxygen atoms in total. The zero-order valence-corrected chi connectivity index (χ0v) is 23.7. The standard InChI is InChI=1S/C32H32N3O5/c1-19-29-23(17-28(37-4)31(39-6)32(29)40-7)15-26(35(19)2)22-14-24(30(38-5)27(16-22)36-3)21-8-9-25(34-18-21)20-10-12-33-13-11-20/h8-18H,1-7H3/q+1. The Labute approximate surface area is 233 Å². The van der Waals surface area contributed by atoms with Crippen LogP contribution in [0.2, 0.25) is 0 Å². The molecule has 0 saturated heterocycles. The molecule has 2 aromatic carbocycles. The van der Waals surface area contributed by atoms with Gasteiger partial charge in [-0.05, 0) is 36.4 Å². The van der Waals surface area contributed by atoms with Crippen molar-refractivity contribution in [2.75, 3.05) is 35.5 Å². The molecular weight excluding hydrogens is 506 g/mol. The molecule has 3 aromatic heterocycles. The molecule has 0 radical (unpaired) electrons. The van der Waals surface area contributed by atoms with Crippen LogP contribution in [0.4, 0.5) is 0 Å². The maximum Gasteiger partial charge on any atom is 0.213 e. The molecule has 0 aliphatic carbocycles. The Morgan fingerprint density at radius 1 is 0.650 bits per heavy atom. The molecule has 0 N–H and O–H groups in total. The molecular formula is C32H32N3O5+. The number of pyridine rings is 3. The summed E-state index contributed by atoms with van der Waals surface area (Å²) in [5.74, 6) is 3.04. The van der Waals surface area contributed by atoms with Crippen molar-refractivity contribution in [3.05, 3.63) is 72.8 Å². The van der Waals surface area contributed by atoms with E-state index in [-0.39, 0.29) is 0 Å². The van der Waals surface area contributed by atoms with Gasteiger partial charge in [-0.1, -0.05) is 6.07 Å². The zero-order valence-electron chi connectivity index (χ0n) is 23.7. The monoisotopic (exact) mass is 538 g/mol. The van der Waals surface area contributed by atoms with E-state index in [0.29, 0.717) is 28.7 Å². The van der Waals surface area contributed by atoms with Crippen LogP contribution in [0.25, 0.3) is 44.4 Å². The first-order valence-electron chi connectivity index (χ1n) is 12.7. The van der Waals surface area contributed by atoms with E-state index < -0.39 is 0 Å². The molecule has 0 spiro atoms. The highest BCUT2D eigenvalue weighted by molar-refractivity contribution is 5.96. The van der Waals surface area contributed by atoms with Crippen molar-refractivity contribution in [3.8, 4) is 62.4 Å². The Balaban J connectivity index is 1.72. The van der Waals surface area contributed by atoms with Crippen LogP contribution in [0.1, 0.15) is 5.69 Å². The normalized spacial score (nSPS) is 10.9. The van der Waals surface area contributed by atoms with E-state index in [1.54, 1.807) is 47.9 Å². The van der Waals surface area contributed by atoms with Crippen LogP contribution in [-0.2, 0) is 7.05 Å². The lowest BCUT2D eigenvalue weighted by molar-refractivity contribution is -0.665. The maximum atomic E-state index is 5.82. The van der Waals surface area contributed by atoms with Crippen molar-refractivity contribution in [3.63, 3.8) is 0 Å². The second-order valence-corrected chi connectivity index (χ2v) is 9.21. The van der Waals surface area contributed by atoms with E-state index in [1.165, 1.54) is 0 Å². The summed E-state index contributed by atoms with van der Waals surface area (Å²) in [4.78, 5) is 8.81. The molecule has 5 rings (SSSR count). The molecule has 0 amide bonds. The summed E-state index contributed by atoms with van der Waals surface area (Å²) in [6.45, 7) is 2.06. The Bertz CT molecular complexity index is 1690. The van der Waals surface area contributed by atoms with Crippen molar-refractivity contribution in [2.24, 2.45) is 7.05 Å². The number of methoxy groups -OCH3 is 5. The first-order chi connectivity index (χ1) is 19.4. The van der Waals surface area contributed by atoms with Gasteiger partial charge in [-0.15, -0.1) is 0 Å². The SMILES string of the molecule is COc1cc(-c2cc3cc(OC)c(OC)c(OC)c3c(C)[n+]2C)cc(-c2ccc(-c3ccncc3)nc2)c1OC. The van der Waals surface area contributed by atoms with Crippen LogP contribution in [0, 0.1) is 6.92 Å². The van der Waals surface area contributed by atoms with Crippen molar-refractivity contribution >= 4 is 10.8 Å². The Morgan fingerprint density at radius 2 is 1.32 bits per heavy atom. The minimum atomic E-state index is 0.560. The van der Waals surface area contributed by atoms with Gasteiger partial charge in [0.1, 0.15) is 7.05 Å². The first-order valence-corrected chi connectivity index (χ1v) is 12.7. The summed E-state index contributed by atoms with van der Waals surface area (Å²) < 4.78 is 30.8. The number of ether oxygens (including phenoxy) is 5. The van der Waals surface area contributed by atoms with Gasteiger partial charge in [-0.3, -0.25) is 9.97 Å². The molecule has 3 heterocycles. The molecule has 0 fully saturated rings. The van der Waals surface area contributed by atoms with E-state index in [9.17, 15) is 0 Å². The number of benzene rings is 2. The average molecular weight is 539 g/mol. The topological polar surface area (TPSA) is 75.8 Å². The number of aryl methyl sites for hydroxylation is 1. The highest BCUT2D eigenvalue weighted by atomic mass is 16.5. The molecule has 0 saturated carbocycles. The number of nitrogens with zero attached hydrogens (tertiary/aromatic N) is 3.